The SMILES string of the molecule is Cc1ccc(N[C@@H](C#N)c2ccccc2)cc1. The van der Waals surface area contributed by atoms with Crippen LogP contribution in [0.15, 0.2) is 54.6 Å². The summed E-state index contributed by atoms with van der Waals surface area (Å²) in [5, 5.41) is 12.4. The fraction of sp³-hybridized carbons (Fsp3) is 0.133. The van der Waals surface area contributed by atoms with Crippen LogP contribution >= 0.6 is 0 Å². The second-order valence-corrected chi connectivity index (χ2v) is 3.98. The van der Waals surface area contributed by atoms with Crippen LogP contribution in [0, 0.1) is 18.3 Å². The zero-order valence-corrected chi connectivity index (χ0v) is 9.72. The van der Waals surface area contributed by atoms with Crippen molar-refractivity contribution in [2.45, 2.75) is 13.0 Å². The van der Waals surface area contributed by atoms with Crippen molar-refractivity contribution in [1.82, 2.24) is 0 Å². The Balaban J connectivity index is 2.17. The molecule has 2 aromatic rings. The summed E-state index contributed by atoms with van der Waals surface area (Å²) in [5.41, 5.74) is 3.16. The monoisotopic (exact) mass is 222 g/mol. The summed E-state index contributed by atoms with van der Waals surface area (Å²) in [6.45, 7) is 2.04. The number of nitrogens with zero attached hydrogens (tertiary/aromatic N) is 1. The zero-order valence-electron chi connectivity index (χ0n) is 9.72. The maximum atomic E-state index is 9.18. The molecule has 0 aliphatic rings. The molecule has 1 N–H and O–H groups in total. The van der Waals surface area contributed by atoms with Gasteiger partial charge in [-0.1, -0.05) is 48.0 Å². The Labute approximate surface area is 102 Å². The number of anilines is 1. The van der Waals surface area contributed by atoms with E-state index in [2.05, 4.69) is 11.4 Å². The lowest BCUT2D eigenvalue weighted by molar-refractivity contribution is 0.997. The molecule has 0 aromatic heterocycles. The molecule has 0 aliphatic carbocycles. The number of hydrogen-bond donors (Lipinski definition) is 1. The number of benzene rings is 2. The molecule has 0 amide bonds. The van der Waals surface area contributed by atoms with E-state index in [4.69, 9.17) is 0 Å². The third-order valence-electron chi connectivity index (χ3n) is 2.62. The molecule has 84 valence electrons. The zero-order chi connectivity index (χ0) is 12.1. The first kappa shape index (κ1) is 11.2. The first-order valence-corrected chi connectivity index (χ1v) is 5.57. The maximum absolute atomic E-state index is 9.18. The van der Waals surface area contributed by atoms with Crippen molar-refractivity contribution in [3.8, 4) is 6.07 Å². The molecular formula is C15H14N2. The van der Waals surface area contributed by atoms with Gasteiger partial charge in [-0.05, 0) is 24.6 Å². The van der Waals surface area contributed by atoms with Crippen molar-refractivity contribution in [2.24, 2.45) is 0 Å². The summed E-state index contributed by atoms with van der Waals surface area (Å²) < 4.78 is 0. The second kappa shape index (κ2) is 5.18. The van der Waals surface area contributed by atoms with Crippen molar-refractivity contribution in [2.75, 3.05) is 5.32 Å². The van der Waals surface area contributed by atoms with Gasteiger partial charge in [0.05, 0.1) is 6.07 Å². The topological polar surface area (TPSA) is 35.8 Å². The van der Waals surface area contributed by atoms with Gasteiger partial charge >= 0.3 is 0 Å². The van der Waals surface area contributed by atoms with E-state index in [0.717, 1.165) is 11.3 Å². The summed E-state index contributed by atoms with van der Waals surface area (Å²) in [7, 11) is 0. The van der Waals surface area contributed by atoms with Crippen LogP contribution in [0.2, 0.25) is 0 Å². The molecule has 0 spiro atoms. The standard InChI is InChI=1S/C15H14N2/c1-12-7-9-14(10-8-12)17-15(11-16)13-5-3-2-4-6-13/h2-10,15,17H,1H3/t15-/m0/s1. The Hall–Kier alpha value is -2.27. The fourth-order valence-electron chi connectivity index (χ4n) is 1.65. The minimum Gasteiger partial charge on any atom is -0.366 e. The van der Waals surface area contributed by atoms with Crippen LogP contribution in [0.3, 0.4) is 0 Å². The first-order valence-electron chi connectivity index (χ1n) is 5.57. The second-order valence-electron chi connectivity index (χ2n) is 3.98. The minimum absolute atomic E-state index is 0.307. The highest BCUT2D eigenvalue weighted by Crippen LogP contribution is 2.18. The predicted molar refractivity (Wildman–Crippen MR) is 69.6 cm³/mol. The molecule has 2 aromatic carbocycles. The van der Waals surface area contributed by atoms with E-state index in [-0.39, 0.29) is 6.04 Å². The quantitative estimate of drug-likeness (QED) is 0.860. The molecule has 0 radical (unpaired) electrons. The Morgan fingerprint density at radius 3 is 2.24 bits per heavy atom. The van der Waals surface area contributed by atoms with E-state index in [1.54, 1.807) is 0 Å². The van der Waals surface area contributed by atoms with Gasteiger partial charge in [0.2, 0.25) is 0 Å². The van der Waals surface area contributed by atoms with Gasteiger partial charge < -0.3 is 5.32 Å². The van der Waals surface area contributed by atoms with Gasteiger partial charge in [-0.25, -0.2) is 0 Å². The van der Waals surface area contributed by atoms with Crippen LogP contribution in [-0.2, 0) is 0 Å². The molecule has 0 fully saturated rings. The molecule has 0 aliphatic heterocycles. The molecule has 1 atom stereocenters. The fourth-order valence-corrected chi connectivity index (χ4v) is 1.65. The number of aryl methyl sites for hydroxylation is 1. The summed E-state index contributed by atoms with van der Waals surface area (Å²) in [6, 6.07) is 19.7. The van der Waals surface area contributed by atoms with E-state index in [1.165, 1.54) is 5.56 Å². The summed E-state index contributed by atoms with van der Waals surface area (Å²) in [5.74, 6) is 0. The van der Waals surface area contributed by atoms with Gasteiger partial charge in [-0.2, -0.15) is 5.26 Å². The van der Waals surface area contributed by atoms with Crippen molar-refractivity contribution in [3.63, 3.8) is 0 Å². The average molecular weight is 222 g/mol. The van der Waals surface area contributed by atoms with Crippen LogP contribution in [0.4, 0.5) is 5.69 Å². The van der Waals surface area contributed by atoms with Crippen molar-refractivity contribution >= 4 is 5.69 Å². The molecule has 0 heterocycles. The van der Waals surface area contributed by atoms with Crippen LogP contribution < -0.4 is 5.32 Å². The number of hydrogen-bond acceptors (Lipinski definition) is 2. The first-order chi connectivity index (χ1) is 8.29. The highest BCUT2D eigenvalue weighted by atomic mass is 14.9. The molecule has 17 heavy (non-hydrogen) atoms. The van der Waals surface area contributed by atoms with E-state index in [0.29, 0.717) is 0 Å². The van der Waals surface area contributed by atoms with Crippen LogP contribution in [0.25, 0.3) is 0 Å². The summed E-state index contributed by atoms with van der Waals surface area (Å²) in [4.78, 5) is 0. The van der Waals surface area contributed by atoms with E-state index in [1.807, 2.05) is 61.5 Å². The highest BCUT2D eigenvalue weighted by Gasteiger charge is 2.08. The van der Waals surface area contributed by atoms with E-state index >= 15 is 0 Å². The third kappa shape index (κ3) is 2.85. The van der Waals surface area contributed by atoms with Gasteiger partial charge in [0, 0.05) is 5.69 Å². The lowest BCUT2D eigenvalue weighted by Crippen LogP contribution is -2.08. The Morgan fingerprint density at radius 1 is 1.00 bits per heavy atom. The van der Waals surface area contributed by atoms with E-state index < -0.39 is 0 Å². The summed E-state index contributed by atoms with van der Waals surface area (Å²) in [6.07, 6.45) is 0. The van der Waals surface area contributed by atoms with Crippen molar-refractivity contribution < 1.29 is 0 Å². The Morgan fingerprint density at radius 2 is 1.65 bits per heavy atom. The molecule has 0 saturated carbocycles. The van der Waals surface area contributed by atoms with Crippen LogP contribution in [0.1, 0.15) is 17.2 Å². The third-order valence-corrected chi connectivity index (χ3v) is 2.62. The molecule has 0 unspecified atom stereocenters. The lowest BCUT2D eigenvalue weighted by atomic mass is 10.1. The van der Waals surface area contributed by atoms with Gasteiger partial charge in [0.15, 0.2) is 0 Å². The highest BCUT2D eigenvalue weighted by molar-refractivity contribution is 5.48. The van der Waals surface area contributed by atoms with Crippen molar-refractivity contribution in [3.05, 3.63) is 65.7 Å². The van der Waals surface area contributed by atoms with Gasteiger partial charge in [-0.15, -0.1) is 0 Å². The van der Waals surface area contributed by atoms with Gasteiger partial charge in [0.1, 0.15) is 6.04 Å². The minimum atomic E-state index is -0.307. The van der Waals surface area contributed by atoms with Crippen LogP contribution in [0.5, 0.6) is 0 Å². The number of nitriles is 1. The van der Waals surface area contributed by atoms with E-state index in [9.17, 15) is 5.26 Å². The van der Waals surface area contributed by atoms with Gasteiger partial charge in [0.25, 0.3) is 0 Å². The molecule has 0 saturated heterocycles. The molecule has 2 nitrogen and oxygen atoms in total. The number of nitrogens with one attached hydrogen (secondary N) is 1. The largest absolute Gasteiger partial charge is 0.366 e. The summed E-state index contributed by atoms with van der Waals surface area (Å²) >= 11 is 0. The smallest absolute Gasteiger partial charge is 0.140 e. The molecule has 2 heteroatoms. The Kier molecular flexibility index (Phi) is 3.42. The predicted octanol–water partition coefficient (Wildman–Crippen LogP) is 3.67. The average Bonchev–Trinajstić information content (AvgIpc) is 2.39. The maximum Gasteiger partial charge on any atom is 0.140 e. The van der Waals surface area contributed by atoms with Crippen molar-refractivity contribution in [1.29, 1.82) is 5.26 Å². The molecule has 0 bridgehead atoms. The lowest BCUT2D eigenvalue weighted by Gasteiger charge is -2.13. The van der Waals surface area contributed by atoms with Gasteiger partial charge in [-0.3, -0.25) is 0 Å². The number of rotatable bonds is 3. The Bertz CT molecular complexity index is 509. The van der Waals surface area contributed by atoms with Crippen LogP contribution in [-0.4, -0.2) is 0 Å². The molecule has 2 rings (SSSR count). The normalized spacial score (nSPS) is 11.5. The molecular weight excluding hydrogens is 208 g/mol.